The molecule has 2 N–H and O–H groups in total. The first-order valence-electron chi connectivity index (χ1n) is 4.58. The van der Waals surface area contributed by atoms with Gasteiger partial charge in [-0.05, 0) is 11.6 Å². The Labute approximate surface area is 87.6 Å². The molecule has 0 saturated heterocycles. The molecule has 0 saturated carbocycles. The molecule has 1 aromatic heterocycles. The molecule has 4 nitrogen and oxygen atoms in total. The molecule has 2 rings (SSSR count). The van der Waals surface area contributed by atoms with Crippen molar-refractivity contribution in [2.24, 2.45) is 5.73 Å². The summed E-state index contributed by atoms with van der Waals surface area (Å²) in [5.74, 6) is 0. The first kappa shape index (κ1) is 9.44. The minimum absolute atomic E-state index is 0.456. The Kier molecular flexibility index (Phi) is 2.48. The molecule has 0 radical (unpaired) electrons. The molecular formula is C11H10N4. The number of nitrogens with zero attached hydrogens (tertiary/aromatic N) is 3. The summed E-state index contributed by atoms with van der Waals surface area (Å²) in [6, 6.07) is 9.76. The maximum absolute atomic E-state index is 8.70. The zero-order chi connectivity index (χ0) is 10.7. The molecule has 0 spiro atoms. The molecule has 74 valence electrons. The second-order valence-corrected chi connectivity index (χ2v) is 3.12. The van der Waals surface area contributed by atoms with Gasteiger partial charge in [-0.1, -0.05) is 18.2 Å². The monoisotopic (exact) mass is 198 g/mol. The summed E-state index contributed by atoms with van der Waals surface area (Å²) >= 11 is 0. The van der Waals surface area contributed by atoms with Crippen LogP contribution >= 0.6 is 0 Å². The number of para-hydroxylation sites is 1. The lowest BCUT2D eigenvalue weighted by Crippen LogP contribution is -2.04. The molecule has 4 heteroatoms. The van der Waals surface area contributed by atoms with E-state index in [4.69, 9.17) is 11.0 Å². The Balaban J connectivity index is 2.49. The van der Waals surface area contributed by atoms with Gasteiger partial charge < -0.3 is 5.73 Å². The minimum atomic E-state index is 0.456. The van der Waals surface area contributed by atoms with Crippen LogP contribution in [0.25, 0.3) is 5.69 Å². The van der Waals surface area contributed by atoms with Crippen molar-refractivity contribution < 1.29 is 0 Å². The predicted octanol–water partition coefficient (Wildman–Crippen LogP) is 1.20. The Bertz CT molecular complexity index is 507. The van der Waals surface area contributed by atoms with Crippen molar-refractivity contribution in [3.05, 3.63) is 47.8 Å². The Hall–Kier alpha value is -2.12. The summed E-state index contributed by atoms with van der Waals surface area (Å²) in [6.07, 6.45) is 3.22. The lowest BCUT2D eigenvalue weighted by Gasteiger charge is -2.06. The SMILES string of the molecule is N#Cc1cnn(-c2ccccc2CN)c1. The van der Waals surface area contributed by atoms with Crippen LogP contribution in [0.2, 0.25) is 0 Å². The number of nitriles is 1. The van der Waals surface area contributed by atoms with Crippen molar-refractivity contribution in [2.45, 2.75) is 6.54 Å². The second-order valence-electron chi connectivity index (χ2n) is 3.12. The van der Waals surface area contributed by atoms with Crippen molar-refractivity contribution in [3.8, 4) is 11.8 Å². The third-order valence-electron chi connectivity index (χ3n) is 2.17. The molecule has 0 bridgehead atoms. The lowest BCUT2D eigenvalue weighted by molar-refractivity contribution is 0.858. The molecule has 2 aromatic rings. The highest BCUT2D eigenvalue weighted by molar-refractivity contribution is 5.41. The topological polar surface area (TPSA) is 67.6 Å². The van der Waals surface area contributed by atoms with Crippen LogP contribution in [-0.2, 0) is 6.54 Å². The van der Waals surface area contributed by atoms with Gasteiger partial charge in [-0.2, -0.15) is 10.4 Å². The maximum Gasteiger partial charge on any atom is 0.102 e. The molecule has 0 aliphatic rings. The van der Waals surface area contributed by atoms with Gasteiger partial charge in [-0.15, -0.1) is 0 Å². The molecule has 0 aliphatic carbocycles. The van der Waals surface area contributed by atoms with Gasteiger partial charge in [0.05, 0.1) is 17.4 Å². The number of hydrogen-bond acceptors (Lipinski definition) is 3. The van der Waals surface area contributed by atoms with Crippen LogP contribution in [-0.4, -0.2) is 9.78 Å². The van der Waals surface area contributed by atoms with Gasteiger partial charge in [0, 0.05) is 12.7 Å². The fourth-order valence-corrected chi connectivity index (χ4v) is 1.42. The van der Waals surface area contributed by atoms with E-state index in [1.165, 1.54) is 6.20 Å². The van der Waals surface area contributed by atoms with E-state index >= 15 is 0 Å². The summed E-state index contributed by atoms with van der Waals surface area (Å²) in [4.78, 5) is 0. The lowest BCUT2D eigenvalue weighted by atomic mass is 10.2. The predicted molar refractivity (Wildman–Crippen MR) is 56.2 cm³/mol. The van der Waals surface area contributed by atoms with Gasteiger partial charge in [0.1, 0.15) is 6.07 Å². The van der Waals surface area contributed by atoms with Crippen LogP contribution in [0.4, 0.5) is 0 Å². The molecule has 1 aromatic carbocycles. The van der Waals surface area contributed by atoms with E-state index < -0.39 is 0 Å². The number of hydrogen-bond donors (Lipinski definition) is 1. The van der Waals surface area contributed by atoms with E-state index in [2.05, 4.69) is 5.10 Å². The van der Waals surface area contributed by atoms with E-state index in [-0.39, 0.29) is 0 Å². The van der Waals surface area contributed by atoms with Gasteiger partial charge in [0.25, 0.3) is 0 Å². The normalized spacial score (nSPS) is 9.87. The quantitative estimate of drug-likeness (QED) is 0.788. The van der Waals surface area contributed by atoms with Crippen molar-refractivity contribution in [2.75, 3.05) is 0 Å². The molecule has 0 amide bonds. The molecule has 0 fully saturated rings. The average Bonchev–Trinajstić information content (AvgIpc) is 2.77. The van der Waals surface area contributed by atoms with Gasteiger partial charge in [0.2, 0.25) is 0 Å². The summed E-state index contributed by atoms with van der Waals surface area (Å²) in [7, 11) is 0. The zero-order valence-corrected chi connectivity index (χ0v) is 8.09. The van der Waals surface area contributed by atoms with Crippen LogP contribution in [0.15, 0.2) is 36.7 Å². The summed E-state index contributed by atoms with van der Waals surface area (Å²) < 4.78 is 1.67. The van der Waals surface area contributed by atoms with Crippen LogP contribution in [0.3, 0.4) is 0 Å². The van der Waals surface area contributed by atoms with Crippen LogP contribution < -0.4 is 5.73 Å². The Morgan fingerprint density at radius 2 is 2.20 bits per heavy atom. The number of aromatic nitrogens is 2. The number of rotatable bonds is 2. The van der Waals surface area contributed by atoms with E-state index in [9.17, 15) is 0 Å². The molecule has 0 unspecified atom stereocenters. The molecule has 15 heavy (non-hydrogen) atoms. The average molecular weight is 198 g/mol. The first-order valence-corrected chi connectivity index (χ1v) is 4.58. The third-order valence-corrected chi connectivity index (χ3v) is 2.17. The number of nitrogens with two attached hydrogens (primary N) is 1. The largest absolute Gasteiger partial charge is 0.326 e. The second kappa shape index (κ2) is 3.95. The highest BCUT2D eigenvalue weighted by Crippen LogP contribution is 2.13. The Morgan fingerprint density at radius 1 is 1.40 bits per heavy atom. The van der Waals surface area contributed by atoms with Gasteiger partial charge in [-0.25, -0.2) is 4.68 Å². The molecular weight excluding hydrogens is 188 g/mol. The van der Waals surface area contributed by atoms with Crippen molar-refractivity contribution >= 4 is 0 Å². The number of benzene rings is 1. The zero-order valence-electron chi connectivity index (χ0n) is 8.09. The smallest absolute Gasteiger partial charge is 0.102 e. The van der Waals surface area contributed by atoms with Crippen molar-refractivity contribution in [3.63, 3.8) is 0 Å². The maximum atomic E-state index is 8.70. The molecule has 0 aliphatic heterocycles. The van der Waals surface area contributed by atoms with E-state index in [0.717, 1.165) is 11.3 Å². The summed E-state index contributed by atoms with van der Waals surface area (Å²) in [5, 5.41) is 12.8. The van der Waals surface area contributed by atoms with Crippen LogP contribution in [0.1, 0.15) is 11.1 Å². The van der Waals surface area contributed by atoms with Gasteiger partial charge in [0.15, 0.2) is 0 Å². The fraction of sp³-hybridized carbons (Fsp3) is 0.0909. The highest BCUT2D eigenvalue weighted by Gasteiger charge is 2.03. The van der Waals surface area contributed by atoms with Crippen LogP contribution in [0, 0.1) is 11.3 Å². The standard InChI is InChI=1S/C11H10N4/c12-5-9-7-14-15(8-9)11-4-2-1-3-10(11)6-13/h1-4,7-8H,6,13H2. The highest BCUT2D eigenvalue weighted by atomic mass is 15.3. The van der Waals surface area contributed by atoms with Gasteiger partial charge in [-0.3, -0.25) is 0 Å². The Morgan fingerprint density at radius 3 is 2.87 bits per heavy atom. The van der Waals surface area contributed by atoms with E-state index in [0.29, 0.717) is 12.1 Å². The first-order chi connectivity index (χ1) is 7.35. The van der Waals surface area contributed by atoms with E-state index in [1.54, 1.807) is 10.9 Å². The summed E-state index contributed by atoms with van der Waals surface area (Å²) in [6.45, 7) is 0.456. The van der Waals surface area contributed by atoms with Gasteiger partial charge >= 0.3 is 0 Å². The van der Waals surface area contributed by atoms with Crippen molar-refractivity contribution in [1.29, 1.82) is 5.26 Å². The summed E-state index contributed by atoms with van der Waals surface area (Å²) in [5.41, 5.74) is 8.09. The third kappa shape index (κ3) is 1.73. The molecule has 1 heterocycles. The fourth-order valence-electron chi connectivity index (χ4n) is 1.42. The van der Waals surface area contributed by atoms with E-state index in [1.807, 2.05) is 30.3 Å². The van der Waals surface area contributed by atoms with Crippen molar-refractivity contribution in [1.82, 2.24) is 9.78 Å². The molecule has 0 atom stereocenters. The van der Waals surface area contributed by atoms with Crippen LogP contribution in [0.5, 0.6) is 0 Å². The minimum Gasteiger partial charge on any atom is -0.326 e.